The van der Waals surface area contributed by atoms with Crippen LogP contribution in [0.2, 0.25) is 0 Å². The third-order valence-corrected chi connectivity index (χ3v) is 5.44. The molecular formula is C24H24F3N5O2. The molecule has 1 unspecified atom stereocenters. The molecule has 0 saturated carbocycles. The molecule has 1 amide bonds. The van der Waals surface area contributed by atoms with Crippen LogP contribution in [-0.2, 0) is 10.9 Å². The van der Waals surface area contributed by atoms with Gasteiger partial charge in [0.25, 0.3) is 5.91 Å². The van der Waals surface area contributed by atoms with E-state index in [1.54, 1.807) is 42.3 Å². The van der Waals surface area contributed by atoms with Gasteiger partial charge in [0.05, 0.1) is 5.56 Å². The van der Waals surface area contributed by atoms with E-state index in [0.29, 0.717) is 35.3 Å². The molecule has 2 heterocycles. The van der Waals surface area contributed by atoms with Crippen molar-refractivity contribution in [3.05, 3.63) is 71.9 Å². The van der Waals surface area contributed by atoms with Crippen molar-refractivity contribution in [2.45, 2.75) is 31.7 Å². The van der Waals surface area contributed by atoms with Gasteiger partial charge in [0.15, 0.2) is 0 Å². The van der Waals surface area contributed by atoms with E-state index in [9.17, 15) is 18.0 Å². The third-order valence-electron chi connectivity index (χ3n) is 5.44. The van der Waals surface area contributed by atoms with E-state index < -0.39 is 11.7 Å². The van der Waals surface area contributed by atoms with Crippen LogP contribution in [0.3, 0.4) is 0 Å². The van der Waals surface area contributed by atoms with Crippen LogP contribution < -0.4 is 10.6 Å². The fraction of sp³-hybridized carbons (Fsp3) is 0.292. The zero-order valence-electron chi connectivity index (χ0n) is 18.5. The molecule has 7 nitrogen and oxygen atoms in total. The molecule has 1 saturated heterocycles. The number of carbonyl (C=O) groups excluding carboxylic acids is 1. The van der Waals surface area contributed by atoms with Crippen molar-refractivity contribution in [2.75, 3.05) is 24.3 Å². The maximum atomic E-state index is 12.7. The van der Waals surface area contributed by atoms with E-state index in [2.05, 4.69) is 20.6 Å². The summed E-state index contributed by atoms with van der Waals surface area (Å²) >= 11 is 0. The lowest BCUT2D eigenvalue weighted by atomic mass is 10.1. The monoisotopic (exact) mass is 471 g/mol. The van der Waals surface area contributed by atoms with Gasteiger partial charge in [-0.2, -0.15) is 18.2 Å². The Morgan fingerprint density at radius 1 is 1.00 bits per heavy atom. The van der Waals surface area contributed by atoms with Gasteiger partial charge in [-0.25, -0.2) is 4.98 Å². The molecule has 2 N–H and O–H groups in total. The van der Waals surface area contributed by atoms with Crippen molar-refractivity contribution in [3.8, 4) is 0 Å². The van der Waals surface area contributed by atoms with E-state index in [4.69, 9.17) is 4.74 Å². The van der Waals surface area contributed by atoms with Gasteiger partial charge in [0.1, 0.15) is 12.0 Å². The Balaban J connectivity index is 1.38. The number of anilines is 4. The molecule has 0 bridgehead atoms. The van der Waals surface area contributed by atoms with Crippen LogP contribution in [-0.4, -0.2) is 40.7 Å². The van der Waals surface area contributed by atoms with Crippen LogP contribution in [0.4, 0.5) is 36.3 Å². The lowest BCUT2D eigenvalue weighted by Crippen LogP contribution is -2.40. The molecule has 0 radical (unpaired) electrons. The second kappa shape index (κ2) is 10.1. The standard InChI is InChI=1S/C24H24F3N5O2/c1-32(21-4-2-3-15-34-21)22(33)16-5-9-19(10-6-16)30-23-28-14-13-20(31-23)29-18-11-7-17(8-12-18)24(25,26)27/h5-14,21H,2-4,15H2,1H3,(H2,28,29,30,31). The number of nitrogens with one attached hydrogen (secondary N) is 2. The van der Waals surface area contributed by atoms with Gasteiger partial charge >= 0.3 is 6.18 Å². The molecule has 1 aromatic heterocycles. The quantitative estimate of drug-likeness (QED) is 0.489. The highest BCUT2D eigenvalue weighted by atomic mass is 19.4. The summed E-state index contributed by atoms with van der Waals surface area (Å²) < 4.78 is 43.9. The second-order valence-corrected chi connectivity index (χ2v) is 7.91. The summed E-state index contributed by atoms with van der Waals surface area (Å²) in [5, 5.41) is 6.01. The SMILES string of the molecule is CN(C(=O)c1ccc(Nc2nccc(Nc3ccc(C(F)(F)F)cc3)n2)cc1)C1CCCCO1. The highest BCUT2D eigenvalue weighted by Crippen LogP contribution is 2.30. The number of rotatable bonds is 6. The van der Waals surface area contributed by atoms with Gasteiger partial charge < -0.3 is 20.3 Å². The fourth-order valence-electron chi connectivity index (χ4n) is 3.57. The number of alkyl halides is 3. The Morgan fingerprint density at radius 3 is 2.32 bits per heavy atom. The van der Waals surface area contributed by atoms with E-state index in [1.165, 1.54) is 18.3 Å². The molecule has 0 aliphatic carbocycles. The van der Waals surface area contributed by atoms with E-state index >= 15 is 0 Å². The number of amides is 1. The average Bonchev–Trinajstić information content (AvgIpc) is 2.84. The summed E-state index contributed by atoms with van der Waals surface area (Å²) in [5.41, 5.74) is 0.967. The summed E-state index contributed by atoms with van der Waals surface area (Å²) in [4.78, 5) is 22.9. The topological polar surface area (TPSA) is 79.4 Å². The fourth-order valence-corrected chi connectivity index (χ4v) is 3.57. The molecule has 34 heavy (non-hydrogen) atoms. The summed E-state index contributed by atoms with van der Waals surface area (Å²) in [6.45, 7) is 0.665. The summed E-state index contributed by atoms with van der Waals surface area (Å²) in [5.74, 6) is 0.597. The molecule has 1 atom stereocenters. The largest absolute Gasteiger partial charge is 0.416 e. The summed E-state index contributed by atoms with van der Waals surface area (Å²) in [6, 6.07) is 13.2. The molecule has 1 aliphatic heterocycles. The van der Waals surface area contributed by atoms with Gasteiger partial charge in [0.2, 0.25) is 5.95 Å². The van der Waals surface area contributed by atoms with Gasteiger partial charge in [-0.05, 0) is 73.9 Å². The molecule has 3 aromatic rings. The summed E-state index contributed by atoms with van der Waals surface area (Å²) in [6.07, 6.45) is -0.175. The highest BCUT2D eigenvalue weighted by molar-refractivity contribution is 5.94. The first-order valence-electron chi connectivity index (χ1n) is 10.8. The van der Waals surface area contributed by atoms with Crippen LogP contribution in [0.1, 0.15) is 35.2 Å². The van der Waals surface area contributed by atoms with Gasteiger partial charge in [-0.15, -0.1) is 0 Å². The molecule has 1 fully saturated rings. The average molecular weight is 471 g/mol. The van der Waals surface area contributed by atoms with E-state index in [0.717, 1.165) is 31.4 Å². The van der Waals surface area contributed by atoms with Crippen molar-refractivity contribution in [1.82, 2.24) is 14.9 Å². The van der Waals surface area contributed by atoms with Crippen LogP contribution >= 0.6 is 0 Å². The third kappa shape index (κ3) is 5.82. The minimum atomic E-state index is -4.39. The van der Waals surface area contributed by atoms with Gasteiger partial charge in [0, 0.05) is 36.8 Å². The lowest BCUT2D eigenvalue weighted by Gasteiger charge is -2.31. The normalized spacial score (nSPS) is 16.1. The van der Waals surface area contributed by atoms with Crippen LogP contribution in [0.15, 0.2) is 60.8 Å². The Labute approximate surface area is 195 Å². The minimum absolute atomic E-state index is 0.113. The smallest absolute Gasteiger partial charge is 0.358 e. The number of benzene rings is 2. The van der Waals surface area contributed by atoms with Crippen LogP contribution in [0.25, 0.3) is 0 Å². The highest BCUT2D eigenvalue weighted by Gasteiger charge is 2.30. The minimum Gasteiger partial charge on any atom is -0.358 e. The Kier molecular flexibility index (Phi) is 6.97. The maximum absolute atomic E-state index is 12.7. The zero-order valence-corrected chi connectivity index (χ0v) is 18.5. The van der Waals surface area contributed by atoms with Crippen molar-refractivity contribution >= 4 is 29.0 Å². The van der Waals surface area contributed by atoms with Crippen LogP contribution in [0, 0.1) is 0 Å². The molecule has 178 valence electrons. The van der Waals surface area contributed by atoms with Crippen molar-refractivity contribution < 1.29 is 22.7 Å². The zero-order chi connectivity index (χ0) is 24.1. The van der Waals surface area contributed by atoms with Crippen molar-refractivity contribution in [2.24, 2.45) is 0 Å². The molecule has 4 rings (SSSR count). The number of hydrogen-bond acceptors (Lipinski definition) is 6. The van der Waals surface area contributed by atoms with Crippen molar-refractivity contribution in [1.29, 1.82) is 0 Å². The Hall–Kier alpha value is -3.66. The number of ether oxygens (including phenoxy) is 1. The first kappa shape index (κ1) is 23.5. The van der Waals surface area contributed by atoms with Gasteiger partial charge in [-0.3, -0.25) is 4.79 Å². The number of halogens is 3. The Bertz CT molecular complexity index is 1110. The molecule has 10 heteroatoms. The van der Waals surface area contributed by atoms with E-state index in [-0.39, 0.29) is 12.1 Å². The number of carbonyl (C=O) groups is 1. The predicted molar refractivity (Wildman–Crippen MR) is 122 cm³/mol. The Morgan fingerprint density at radius 2 is 1.68 bits per heavy atom. The number of hydrogen-bond donors (Lipinski definition) is 2. The molecule has 0 spiro atoms. The predicted octanol–water partition coefficient (Wildman–Crippen LogP) is 5.58. The van der Waals surface area contributed by atoms with Crippen LogP contribution in [0.5, 0.6) is 0 Å². The maximum Gasteiger partial charge on any atom is 0.416 e. The van der Waals surface area contributed by atoms with E-state index in [1.807, 2.05) is 0 Å². The first-order chi connectivity index (χ1) is 16.3. The van der Waals surface area contributed by atoms with Crippen molar-refractivity contribution in [3.63, 3.8) is 0 Å². The molecular weight excluding hydrogens is 447 g/mol. The molecule has 1 aliphatic rings. The molecule has 2 aromatic carbocycles. The summed E-state index contributed by atoms with van der Waals surface area (Å²) in [7, 11) is 1.74. The first-order valence-corrected chi connectivity index (χ1v) is 10.8. The van der Waals surface area contributed by atoms with Gasteiger partial charge in [-0.1, -0.05) is 0 Å². The number of aromatic nitrogens is 2. The lowest BCUT2D eigenvalue weighted by molar-refractivity contribution is -0.137. The second-order valence-electron chi connectivity index (χ2n) is 7.91. The number of nitrogens with zero attached hydrogens (tertiary/aromatic N) is 3.